The minimum atomic E-state index is -1.15. The Bertz CT molecular complexity index is 1080. The minimum Gasteiger partial charge on any atom is -0.477 e. The van der Waals surface area contributed by atoms with E-state index in [1.807, 2.05) is 6.92 Å². The molecule has 2 N–H and O–H groups in total. The Hall–Kier alpha value is -2.38. The van der Waals surface area contributed by atoms with Gasteiger partial charge in [-0.1, -0.05) is 23.1 Å². The van der Waals surface area contributed by atoms with Gasteiger partial charge in [0.1, 0.15) is 22.1 Å². The molecule has 2 aromatic rings. The third-order valence-corrected chi connectivity index (χ3v) is 8.07. The Kier molecular flexibility index (Phi) is 5.59. The van der Waals surface area contributed by atoms with Crippen molar-refractivity contribution in [3.05, 3.63) is 33.7 Å². The molecule has 2 aromatic heterocycles. The first kappa shape index (κ1) is 20.9. The number of nitrogens with one attached hydrogen (secondary N) is 1. The second-order valence-electron chi connectivity index (χ2n) is 6.80. The van der Waals surface area contributed by atoms with Crippen LogP contribution in [0.15, 0.2) is 21.8 Å². The van der Waals surface area contributed by atoms with Gasteiger partial charge in [0, 0.05) is 24.8 Å². The van der Waals surface area contributed by atoms with Crippen LogP contribution in [0.3, 0.4) is 0 Å². The molecule has 2 atom stereocenters. The van der Waals surface area contributed by atoms with Crippen LogP contribution in [0.4, 0.5) is 0 Å². The maximum Gasteiger partial charge on any atom is 0.352 e. The van der Waals surface area contributed by atoms with Crippen LogP contribution >= 0.6 is 34.9 Å². The van der Waals surface area contributed by atoms with Crippen LogP contribution in [-0.2, 0) is 16.6 Å². The van der Waals surface area contributed by atoms with Gasteiger partial charge in [0.05, 0.1) is 11.3 Å². The van der Waals surface area contributed by atoms with E-state index in [-0.39, 0.29) is 5.70 Å². The first-order chi connectivity index (χ1) is 14.3. The molecule has 2 aliphatic heterocycles. The second-order valence-corrected chi connectivity index (χ2v) is 10.3. The Labute approximate surface area is 184 Å². The van der Waals surface area contributed by atoms with E-state index in [9.17, 15) is 19.5 Å². The summed E-state index contributed by atoms with van der Waals surface area (Å²) >= 11 is 4.29. The van der Waals surface area contributed by atoms with Crippen molar-refractivity contribution in [2.45, 2.75) is 29.6 Å². The first-order valence-electron chi connectivity index (χ1n) is 8.90. The van der Waals surface area contributed by atoms with E-state index < -0.39 is 29.2 Å². The predicted molar refractivity (Wildman–Crippen MR) is 112 cm³/mol. The number of β-lactam (4-membered cyclic amide) rings is 1. The van der Waals surface area contributed by atoms with Gasteiger partial charge in [-0.3, -0.25) is 19.2 Å². The van der Waals surface area contributed by atoms with Crippen LogP contribution in [0.1, 0.15) is 21.1 Å². The van der Waals surface area contributed by atoms with Crippen LogP contribution in [0, 0.1) is 13.8 Å². The molecule has 4 rings (SSSR count). The number of hydrogen-bond acceptors (Lipinski definition) is 9. The van der Waals surface area contributed by atoms with Gasteiger partial charge in [0.2, 0.25) is 0 Å². The summed E-state index contributed by atoms with van der Waals surface area (Å²) in [6.45, 7) is 3.57. The smallest absolute Gasteiger partial charge is 0.352 e. The summed E-state index contributed by atoms with van der Waals surface area (Å²) in [7, 11) is 1.71. The molecule has 2 aliphatic rings. The predicted octanol–water partition coefficient (Wildman–Crippen LogP) is 1.03. The lowest BCUT2D eigenvalue weighted by Gasteiger charge is -2.49. The Morgan fingerprint density at radius 3 is 2.73 bits per heavy atom. The highest BCUT2D eigenvalue weighted by atomic mass is 32.2. The van der Waals surface area contributed by atoms with Crippen molar-refractivity contribution in [3.8, 4) is 0 Å². The molecular formula is C17H18N6O4S3. The molecule has 1 fully saturated rings. The van der Waals surface area contributed by atoms with Crippen molar-refractivity contribution in [3.63, 3.8) is 0 Å². The standard InChI is InChI=1S/C17H18N6O4S3/c1-7-10(4-22(3)21-7)13(24)18-11-14(25)23-12(16(26)27)9(5-28-15(11)23)6-29-17-20-19-8(2)30-17/h4,11,15H,5-6H2,1-3H3,(H,18,24)(H,26,27)/t11-,15-/m1/s1. The highest BCUT2D eigenvalue weighted by Gasteiger charge is 2.54. The van der Waals surface area contributed by atoms with E-state index >= 15 is 0 Å². The molecule has 0 spiro atoms. The molecule has 0 bridgehead atoms. The number of thioether (sulfide) groups is 2. The summed E-state index contributed by atoms with van der Waals surface area (Å²) in [6.07, 6.45) is 1.59. The molecule has 0 aliphatic carbocycles. The van der Waals surface area contributed by atoms with Gasteiger partial charge < -0.3 is 10.4 Å². The van der Waals surface area contributed by atoms with Crippen molar-refractivity contribution in [1.29, 1.82) is 0 Å². The number of rotatable bonds is 6. The van der Waals surface area contributed by atoms with E-state index in [1.165, 1.54) is 44.4 Å². The van der Waals surface area contributed by atoms with Crippen molar-refractivity contribution in [1.82, 2.24) is 30.2 Å². The number of aryl methyl sites for hydroxylation is 3. The van der Waals surface area contributed by atoms with Gasteiger partial charge >= 0.3 is 5.97 Å². The summed E-state index contributed by atoms with van der Waals surface area (Å²) in [6, 6.07) is -0.767. The number of aromatic nitrogens is 4. The number of amides is 2. The highest BCUT2D eigenvalue weighted by Crippen LogP contribution is 2.41. The molecule has 2 amide bonds. The minimum absolute atomic E-state index is 0.000504. The summed E-state index contributed by atoms with van der Waals surface area (Å²) in [4.78, 5) is 38.5. The number of carbonyl (C=O) groups excluding carboxylic acids is 2. The van der Waals surface area contributed by atoms with Crippen molar-refractivity contribution in [2.75, 3.05) is 11.5 Å². The van der Waals surface area contributed by atoms with E-state index in [1.54, 1.807) is 20.2 Å². The van der Waals surface area contributed by atoms with E-state index in [0.29, 0.717) is 28.3 Å². The Morgan fingerprint density at radius 2 is 2.13 bits per heavy atom. The molecule has 13 heteroatoms. The molecule has 158 valence electrons. The van der Waals surface area contributed by atoms with Gasteiger partial charge in [-0.15, -0.1) is 22.0 Å². The molecule has 0 radical (unpaired) electrons. The van der Waals surface area contributed by atoms with Crippen LogP contribution < -0.4 is 5.32 Å². The third kappa shape index (κ3) is 3.72. The fourth-order valence-electron chi connectivity index (χ4n) is 3.32. The fourth-order valence-corrected chi connectivity index (χ4v) is 6.62. The van der Waals surface area contributed by atoms with Crippen LogP contribution in [0.5, 0.6) is 0 Å². The number of aliphatic carboxylic acids is 1. The van der Waals surface area contributed by atoms with Crippen LogP contribution in [-0.4, -0.2) is 70.7 Å². The lowest BCUT2D eigenvalue weighted by atomic mass is 10.0. The van der Waals surface area contributed by atoms with Gasteiger partial charge in [0.25, 0.3) is 11.8 Å². The molecule has 10 nitrogen and oxygen atoms in total. The lowest BCUT2D eigenvalue weighted by molar-refractivity contribution is -0.148. The molecule has 30 heavy (non-hydrogen) atoms. The van der Waals surface area contributed by atoms with E-state index in [2.05, 4.69) is 20.6 Å². The zero-order chi connectivity index (χ0) is 21.6. The maximum atomic E-state index is 12.7. The molecule has 4 heterocycles. The maximum absolute atomic E-state index is 12.7. The first-order valence-corrected chi connectivity index (χ1v) is 11.8. The second kappa shape index (κ2) is 8.04. The third-order valence-electron chi connectivity index (χ3n) is 4.67. The lowest BCUT2D eigenvalue weighted by Crippen LogP contribution is -2.70. The van der Waals surface area contributed by atoms with Gasteiger partial charge in [-0.2, -0.15) is 5.10 Å². The molecule has 1 saturated heterocycles. The zero-order valence-corrected chi connectivity index (χ0v) is 18.7. The van der Waals surface area contributed by atoms with Crippen molar-refractivity contribution in [2.24, 2.45) is 7.05 Å². The summed E-state index contributed by atoms with van der Waals surface area (Å²) in [5.41, 5.74) is 1.61. The molecule has 0 unspecified atom stereocenters. The number of carbonyl (C=O) groups is 3. The average molecular weight is 467 g/mol. The van der Waals surface area contributed by atoms with E-state index in [0.717, 1.165) is 9.35 Å². The zero-order valence-electron chi connectivity index (χ0n) is 16.3. The largest absolute Gasteiger partial charge is 0.477 e. The SMILES string of the molecule is Cc1nnc(SCC2=C(C(=O)O)N3C(=O)[C@@H](NC(=O)c4cn(C)nc4C)[C@H]3SC2)s1. The molecule has 0 saturated carbocycles. The van der Waals surface area contributed by atoms with Gasteiger partial charge in [-0.25, -0.2) is 4.79 Å². The van der Waals surface area contributed by atoms with Crippen molar-refractivity contribution >= 4 is 52.6 Å². The summed E-state index contributed by atoms with van der Waals surface area (Å²) < 4.78 is 2.28. The fraction of sp³-hybridized carbons (Fsp3) is 0.412. The average Bonchev–Trinajstić information content (AvgIpc) is 3.27. The summed E-state index contributed by atoms with van der Waals surface area (Å²) in [5, 5.41) is 25.0. The topological polar surface area (TPSA) is 130 Å². The number of fused-ring (bicyclic) bond motifs is 1. The van der Waals surface area contributed by atoms with Gasteiger partial charge in [0.15, 0.2) is 4.34 Å². The Balaban J connectivity index is 1.49. The normalized spacial score (nSPS) is 20.8. The molecule has 0 aromatic carbocycles. The van der Waals surface area contributed by atoms with E-state index in [4.69, 9.17) is 0 Å². The summed E-state index contributed by atoms with van der Waals surface area (Å²) in [5.74, 6) is -1.10. The quantitative estimate of drug-likeness (QED) is 0.473. The van der Waals surface area contributed by atoms with Gasteiger partial charge in [-0.05, 0) is 19.4 Å². The Morgan fingerprint density at radius 1 is 1.37 bits per heavy atom. The number of nitrogens with zero attached hydrogens (tertiary/aromatic N) is 5. The van der Waals surface area contributed by atoms with Crippen molar-refractivity contribution < 1.29 is 19.5 Å². The highest BCUT2D eigenvalue weighted by molar-refractivity contribution is 8.01. The van der Waals surface area contributed by atoms with Crippen LogP contribution in [0.2, 0.25) is 0 Å². The monoisotopic (exact) mass is 466 g/mol. The van der Waals surface area contributed by atoms with Crippen LogP contribution in [0.25, 0.3) is 0 Å². The number of carboxylic acid groups (broad SMARTS) is 1. The number of carboxylic acids is 1. The molecular weight excluding hydrogens is 448 g/mol. The number of hydrogen-bond donors (Lipinski definition) is 2.